The fraction of sp³-hybridized carbons (Fsp3) is 0.217. The van der Waals surface area contributed by atoms with Crippen LogP contribution in [0.4, 0.5) is 5.69 Å². The average Bonchev–Trinajstić information content (AvgIpc) is 2.58. The van der Waals surface area contributed by atoms with Gasteiger partial charge in [0, 0.05) is 5.57 Å². The monoisotopic (exact) mass is 329 g/mol. The van der Waals surface area contributed by atoms with E-state index in [1.165, 1.54) is 11.1 Å². The molecule has 0 fully saturated rings. The van der Waals surface area contributed by atoms with Gasteiger partial charge in [0.2, 0.25) is 0 Å². The molecular formula is C23H23NO. The Bertz CT molecular complexity index is 876. The molecule has 3 rings (SSSR count). The third-order valence-corrected chi connectivity index (χ3v) is 4.30. The Morgan fingerprint density at radius 3 is 2.00 bits per heavy atom. The smallest absolute Gasteiger partial charge is 0.185 e. The first-order valence-corrected chi connectivity index (χ1v) is 8.54. The highest BCUT2D eigenvalue weighted by Crippen LogP contribution is 2.31. The number of carbonyl (C=O) groups excluding carboxylic acids is 1. The molecule has 0 N–H and O–H groups in total. The van der Waals surface area contributed by atoms with Gasteiger partial charge in [0.1, 0.15) is 0 Å². The lowest BCUT2D eigenvalue weighted by atomic mass is 9.79. The van der Waals surface area contributed by atoms with Crippen LogP contribution >= 0.6 is 0 Å². The number of Topliss-reactive ketones (excluding diaryl/α,β-unsaturated/α-hetero) is 1. The molecule has 0 saturated carbocycles. The minimum Gasteiger partial charge on any atom is -0.289 e. The number of nitrogens with zero attached hydrogens (tertiary/aromatic N) is 1. The van der Waals surface area contributed by atoms with Crippen molar-refractivity contribution in [2.45, 2.75) is 27.7 Å². The Morgan fingerprint density at radius 1 is 0.800 bits per heavy atom. The summed E-state index contributed by atoms with van der Waals surface area (Å²) in [6, 6.07) is 18.5. The molecule has 2 nitrogen and oxygen atoms in total. The van der Waals surface area contributed by atoms with Gasteiger partial charge in [-0.05, 0) is 53.3 Å². The molecule has 2 aromatic rings. The van der Waals surface area contributed by atoms with Crippen LogP contribution in [0.5, 0.6) is 0 Å². The van der Waals surface area contributed by atoms with Crippen LogP contribution in [0.15, 0.2) is 82.9 Å². The summed E-state index contributed by atoms with van der Waals surface area (Å²) in [6.45, 7) is 8.03. The molecule has 0 radical (unpaired) electrons. The minimum atomic E-state index is -0.190. The van der Waals surface area contributed by atoms with Gasteiger partial charge in [0.25, 0.3) is 0 Å². The molecule has 0 unspecified atom stereocenters. The van der Waals surface area contributed by atoms with Crippen molar-refractivity contribution < 1.29 is 4.79 Å². The first-order valence-electron chi connectivity index (χ1n) is 8.54. The summed E-state index contributed by atoms with van der Waals surface area (Å²) in [5.41, 5.74) is 5.44. The Balaban J connectivity index is 1.92. The van der Waals surface area contributed by atoms with Crippen LogP contribution in [0.3, 0.4) is 0 Å². The van der Waals surface area contributed by atoms with Crippen molar-refractivity contribution in [3.63, 3.8) is 0 Å². The van der Waals surface area contributed by atoms with Crippen molar-refractivity contribution in [3.05, 3.63) is 77.9 Å². The van der Waals surface area contributed by atoms with Crippen molar-refractivity contribution >= 4 is 17.2 Å². The Labute approximate surface area is 149 Å². The first kappa shape index (κ1) is 17.1. The number of carbonyl (C=O) groups is 1. The molecule has 0 atom stereocenters. The van der Waals surface area contributed by atoms with Gasteiger partial charge >= 0.3 is 0 Å². The quantitative estimate of drug-likeness (QED) is 0.628. The highest BCUT2D eigenvalue weighted by molar-refractivity contribution is 6.22. The van der Waals surface area contributed by atoms with E-state index in [1.807, 2.05) is 49.4 Å². The predicted octanol–water partition coefficient (Wildman–Crippen LogP) is 5.93. The molecule has 0 amide bonds. The zero-order valence-electron chi connectivity index (χ0n) is 15.2. The molecule has 2 aromatic carbocycles. The summed E-state index contributed by atoms with van der Waals surface area (Å²) in [5.74, 6) is 0.117. The lowest BCUT2D eigenvalue weighted by Gasteiger charge is -2.24. The Hall–Kier alpha value is -2.74. The molecule has 0 aromatic heterocycles. The number of aliphatic imine (C=N–C) groups is 1. The third kappa shape index (κ3) is 3.85. The van der Waals surface area contributed by atoms with E-state index in [9.17, 15) is 4.79 Å². The number of hydrogen-bond acceptors (Lipinski definition) is 2. The van der Waals surface area contributed by atoms with E-state index in [0.29, 0.717) is 0 Å². The maximum atomic E-state index is 12.4. The maximum Gasteiger partial charge on any atom is 0.185 e. The topological polar surface area (TPSA) is 29.4 Å². The average molecular weight is 329 g/mol. The molecule has 25 heavy (non-hydrogen) atoms. The van der Waals surface area contributed by atoms with Gasteiger partial charge in [-0.1, -0.05) is 63.2 Å². The van der Waals surface area contributed by atoms with Crippen molar-refractivity contribution in [1.82, 2.24) is 0 Å². The Morgan fingerprint density at radius 2 is 1.40 bits per heavy atom. The highest BCUT2D eigenvalue weighted by Gasteiger charge is 2.27. The maximum absolute atomic E-state index is 12.4. The summed E-state index contributed by atoms with van der Waals surface area (Å²) in [4.78, 5) is 17.1. The van der Waals surface area contributed by atoms with Crippen LogP contribution in [0.2, 0.25) is 0 Å². The fourth-order valence-corrected chi connectivity index (χ4v) is 2.88. The second kappa shape index (κ2) is 6.64. The normalized spacial score (nSPS) is 16.6. The summed E-state index contributed by atoms with van der Waals surface area (Å²) in [6.07, 6.45) is 3.78. The van der Waals surface area contributed by atoms with Crippen LogP contribution in [0, 0.1) is 5.41 Å². The molecule has 1 aliphatic rings. The van der Waals surface area contributed by atoms with Crippen molar-refractivity contribution in [1.29, 1.82) is 0 Å². The molecule has 126 valence electrons. The largest absolute Gasteiger partial charge is 0.289 e. The zero-order valence-corrected chi connectivity index (χ0v) is 15.2. The van der Waals surface area contributed by atoms with Gasteiger partial charge in [-0.3, -0.25) is 4.79 Å². The van der Waals surface area contributed by atoms with E-state index in [0.717, 1.165) is 22.5 Å². The molecule has 0 saturated heterocycles. The fourth-order valence-electron chi connectivity index (χ4n) is 2.88. The third-order valence-electron chi connectivity index (χ3n) is 4.30. The number of benzene rings is 2. The number of allylic oxidation sites excluding steroid dienone is 4. The van der Waals surface area contributed by atoms with Crippen molar-refractivity contribution in [3.8, 4) is 11.1 Å². The van der Waals surface area contributed by atoms with E-state index in [-0.39, 0.29) is 11.2 Å². The van der Waals surface area contributed by atoms with E-state index in [2.05, 4.69) is 45.0 Å². The van der Waals surface area contributed by atoms with E-state index >= 15 is 0 Å². The van der Waals surface area contributed by atoms with E-state index in [4.69, 9.17) is 4.99 Å². The predicted molar refractivity (Wildman–Crippen MR) is 105 cm³/mol. The Kier molecular flexibility index (Phi) is 4.54. The van der Waals surface area contributed by atoms with Gasteiger partial charge in [0.05, 0.1) is 11.4 Å². The second-order valence-electron chi connectivity index (χ2n) is 7.41. The van der Waals surface area contributed by atoms with E-state index in [1.54, 1.807) is 0 Å². The van der Waals surface area contributed by atoms with E-state index < -0.39 is 0 Å². The second-order valence-corrected chi connectivity index (χ2v) is 7.41. The van der Waals surface area contributed by atoms with Crippen LogP contribution in [-0.4, -0.2) is 11.5 Å². The molecule has 1 aliphatic carbocycles. The van der Waals surface area contributed by atoms with Gasteiger partial charge in [-0.25, -0.2) is 4.99 Å². The molecule has 0 heterocycles. The number of hydrogen-bond donors (Lipinski definition) is 0. The highest BCUT2D eigenvalue weighted by atomic mass is 16.1. The van der Waals surface area contributed by atoms with Gasteiger partial charge < -0.3 is 0 Å². The number of rotatable bonds is 2. The van der Waals surface area contributed by atoms with Crippen LogP contribution in [0.1, 0.15) is 27.7 Å². The van der Waals surface area contributed by atoms with Crippen molar-refractivity contribution in [2.75, 3.05) is 0 Å². The van der Waals surface area contributed by atoms with Crippen LogP contribution in [0.25, 0.3) is 11.1 Å². The summed E-state index contributed by atoms with van der Waals surface area (Å²) < 4.78 is 0. The minimum absolute atomic E-state index is 0.117. The number of ketones is 1. The SMILES string of the molecule is CC1=CC(=Nc2ccc(-c3ccccc3)cc2)C=C(C(C)(C)C)C1=O. The lowest BCUT2D eigenvalue weighted by Crippen LogP contribution is -2.23. The van der Waals surface area contributed by atoms with Gasteiger partial charge in [-0.15, -0.1) is 0 Å². The van der Waals surface area contributed by atoms with Gasteiger partial charge in [-0.2, -0.15) is 0 Å². The van der Waals surface area contributed by atoms with Crippen LogP contribution in [-0.2, 0) is 4.79 Å². The molecule has 0 bridgehead atoms. The summed E-state index contributed by atoms with van der Waals surface area (Å²) in [5, 5.41) is 0. The summed E-state index contributed by atoms with van der Waals surface area (Å²) in [7, 11) is 0. The van der Waals surface area contributed by atoms with Gasteiger partial charge in [0.15, 0.2) is 5.78 Å². The van der Waals surface area contributed by atoms with Crippen LogP contribution < -0.4 is 0 Å². The molecule has 0 spiro atoms. The molecule has 0 aliphatic heterocycles. The zero-order chi connectivity index (χ0) is 18.0. The lowest BCUT2D eigenvalue weighted by molar-refractivity contribution is -0.113. The summed E-state index contributed by atoms with van der Waals surface area (Å²) >= 11 is 0. The first-order chi connectivity index (χ1) is 11.8. The molecular weight excluding hydrogens is 306 g/mol. The molecule has 2 heteroatoms. The standard InChI is InChI=1S/C23H23NO/c1-16-14-20(15-21(22(16)25)23(2,3)4)24-19-12-10-18(11-13-19)17-8-6-5-7-9-17/h5-15H,1-4H3. The van der Waals surface area contributed by atoms with Crippen molar-refractivity contribution in [2.24, 2.45) is 10.4 Å².